The highest BCUT2D eigenvalue weighted by atomic mass is 16.6. The maximum atomic E-state index is 12.3. The Labute approximate surface area is 234 Å². The number of anilines is 6. The SMILES string of the molecule is Cc1cc(Nc2ncc3c(n2)N(c2cccc(N4C(=O)OC[C@@H]4C)n2)C[C@@]3(C)CO)ccc1N1CCN(C)CC1. The number of ether oxygens (including phenoxy) is 1. The van der Waals surface area contributed by atoms with Gasteiger partial charge in [-0.1, -0.05) is 13.0 Å². The summed E-state index contributed by atoms with van der Waals surface area (Å²) in [7, 11) is 2.16. The lowest BCUT2D eigenvalue weighted by Crippen LogP contribution is -2.44. The molecule has 3 aliphatic rings. The minimum absolute atomic E-state index is 0.0608. The van der Waals surface area contributed by atoms with Crippen LogP contribution in [0.5, 0.6) is 0 Å². The van der Waals surface area contributed by atoms with Crippen molar-refractivity contribution in [3.63, 3.8) is 0 Å². The molecular weight excluding hydrogens is 508 g/mol. The summed E-state index contributed by atoms with van der Waals surface area (Å²) in [5, 5.41) is 13.7. The number of hydrogen-bond acceptors (Lipinski definition) is 10. The summed E-state index contributed by atoms with van der Waals surface area (Å²) >= 11 is 0. The molecule has 5 heterocycles. The van der Waals surface area contributed by atoms with Crippen LogP contribution in [0.25, 0.3) is 0 Å². The van der Waals surface area contributed by atoms with Gasteiger partial charge in [0.2, 0.25) is 5.95 Å². The van der Waals surface area contributed by atoms with Gasteiger partial charge in [-0.3, -0.25) is 4.90 Å². The maximum Gasteiger partial charge on any atom is 0.415 e. The molecule has 210 valence electrons. The Morgan fingerprint density at radius 2 is 1.90 bits per heavy atom. The Morgan fingerprint density at radius 1 is 1.12 bits per heavy atom. The van der Waals surface area contributed by atoms with Gasteiger partial charge in [0.15, 0.2) is 0 Å². The Balaban J connectivity index is 1.28. The summed E-state index contributed by atoms with van der Waals surface area (Å²) in [6.07, 6.45) is 1.39. The van der Waals surface area contributed by atoms with E-state index in [2.05, 4.69) is 52.3 Å². The summed E-state index contributed by atoms with van der Waals surface area (Å²) in [4.78, 5) is 34.9. The molecule has 6 rings (SSSR count). The summed E-state index contributed by atoms with van der Waals surface area (Å²) in [5.41, 5.74) is 3.64. The number of cyclic esters (lactones) is 1. The predicted octanol–water partition coefficient (Wildman–Crippen LogP) is 3.42. The van der Waals surface area contributed by atoms with E-state index in [4.69, 9.17) is 14.7 Å². The molecule has 2 saturated heterocycles. The fourth-order valence-corrected chi connectivity index (χ4v) is 5.69. The van der Waals surface area contributed by atoms with Crippen molar-refractivity contribution < 1.29 is 14.6 Å². The summed E-state index contributed by atoms with van der Waals surface area (Å²) < 4.78 is 5.20. The number of carbonyl (C=O) groups excluding carboxylic acids is 1. The maximum absolute atomic E-state index is 12.3. The van der Waals surface area contributed by atoms with Crippen molar-refractivity contribution in [1.82, 2.24) is 19.9 Å². The quantitative estimate of drug-likeness (QED) is 0.479. The first-order valence-electron chi connectivity index (χ1n) is 13.8. The fourth-order valence-electron chi connectivity index (χ4n) is 5.69. The molecular formula is C29H36N8O3. The van der Waals surface area contributed by atoms with Crippen LogP contribution in [-0.4, -0.2) is 90.1 Å². The van der Waals surface area contributed by atoms with Crippen molar-refractivity contribution in [2.24, 2.45) is 0 Å². The second kappa shape index (κ2) is 10.2. The third kappa shape index (κ3) is 4.69. The van der Waals surface area contributed by atoms with E-state index in [1.807, 2.05) is 30.9 Å². The third-order valence-corrected chi connectivity index (χ3v) is 8.16. The second-order valence-corrected chi connectivity index (χ2v) is 11.3. The van der Waals surface area contributed by atoms with E-state index in [0.29, 0.717) is 36.6 Å². The van der Waals surface area contributed by atoms with Crippen LogP contribution in [-0.2, 0) is 10.2 Å². The molecule has 0 radical (unpaired) electrons. The molecule has 0 saturated carbocycles. The molecule has 0 aliphatic carbocycles. The topological polar surface area (TPSA) is 110 Å². The number of hydrogen-bond donors (Lipinski definition) is 2. The largest absolute Gasteiger partial charge is 0.447 e. The van der Waals surface area contributed by atoms with Gasteiger partial charge in [-0.25, -0.2) is 14.8 Å². The molecule has 3 aliphatic heterocycles. The highest BCUT2D eigenvalue weighted by Crippen LogP contribution is 2.43. The van der Waals surface area contributed by atoms with Gasteiger partial charge in [0.1, 0.15) is 24.1 Å². The molecule has 2 fully saturated rings. The van der Waals surface area contributed by atoms with E-state index >= 15 is 0 Å². The van der Waals surface area contributed by atoms with E-state index < -0.39 is 11.5 Å². The molecule has 40 heavy (non-hydrogen) atoms. The van der Waals surface area contributed by atoms with E-state index in [9.17, 15) is 9.90 Å². The molecule has 2 N–H and O–H groups in total. The van der Waals surface area contributed by atoms with Crippen molar-refractivity contribution in [3.05, 3.63) is 53.7 Å². The van der Waals surface area contributed by atoms with Crippen molar-refractivity contribution in [2.45, 2.75) is 32.2 Å². The van der Waals surface area contributed by atoms with Crippen LogP contribution in [0.15, 0.2) is 42.6 Å². The highest BCUT2D eigenvalue weighted by molar-refractivity contribution is 5.89. The summed E-state index contributed by atoms with van der Waals surface area (Å²) in [6, 6.07) is 11.8. The van der Waals surface area contributed by atoms with Crippen molar-refractivity contribution in [3.8, 4) is 0 Å². The van der Waals surface area contributed by atoms with Crippen molar-refractivity contribution in [1.29, 1.82) is 0 Å². The van der Waals surface area contributed by atoms with Gasteiger partial charge in [-0.15, -0.1) is 0 Å². The number of amides is 1. The number of aliphatic hydroxyl groups excluding tert-OH is 1. The summed E-state index contributed by atoms with van der Waals surface area (Å²) in [5.74, 6) is 2.31. The first-order valence-corrected chi connectivity index (χ1v) is 13.8. The van der Waals surface area contributed by atoms with Gasteiger partial charge >= 0.3 is 6.09 Å². The second-order valence-electron chi connectivity index (χ2n) is 11.3. The van der Waals surface area contributed by atoms with Crippen LogP contribution >= 0.6 is 0 Å². The van der Waals surface area contributed by atoms with E-state index in [1.165, 1.54) is 11.3 Å². The number of fused-ring (bicyclic) bond motifs is 1. The Hall–Kier alpha value is -3.96. The molecule has 2 atom stereocenters. The molecule has 0 bridgehead atoms. The normalized spacial score (nSPS) is 23.0. The third-order valence-electron chi connectivity index (χ3n) is 8.16. The predicted molar refractivity (Wildman–Crippen MR) is 155 cm³/mol. The van der Waals surface area contributed by atoms with Gasteiger partial charge in [0.25, 0.3) is 0 Å². The van der Waals surface area contributed by atoms with Crippen LogP contribution in [0, 0.1) is 6.92 Å². The lowest BCUT2D eigenvalue weighted by atomic mass is 9.87. The molecule has 1 amide bonds. The minimum atomic E-state index is -0.563. The number of likely N-dealkylation sites (N-methyl/N-ethyl adjacent to an activating group) is 1. The molecule has 0 spiro atoms. The smallest absolute Gasteiger partial charge is 0.415 e. The lowest BCUT2D eigenvalue weighted by molar-refractivity contribution is 0.179. The van der Waals surface area contributed by atoms with E-state index in [1.54, 1.807) is 17.2 Å². The van der Waals surface area contributed by atoms with Gasteiger partial charge in [-0.2, -0.15) is 4.98 Å². The monoisotopic (exact) mass is 544 g/mol. The zero-order valence-corrected chi connectivity index (χ0v) is 23.5. The van der Waals surface area contributed by atoms with Crippen LogP contribution in [0.4, 0.5) is 39.6 Å². The number of nitrogens with one attached hydrogen (secondary N) is 1. The molecule has 3 aromatic rings. The molecule has 11 heteroatoms. The van der Waals surface area contributed by atoms with Gasteiger partial charge in [-0.05, 0) is 56.8 Å². The minimum Gasteiger partial charge on any atom is -0.447 e. The zero-order valence-electron chi connectivity index (χ0n) is 23.5. The number of rotatable bonds is 6. The number of piperazine rings is 1. The Morgan fingerprint density at radius 3 is 2.60 bits per heavy atom. The van der Waals surface area contributed by atoms with Crippen molar-refractivity contribution in [2.75, 3.05) is 73.0 Å². The first-order chi connectivity index (χ1) is 19.3. The van der Waals surface area contributed by atoms with Crippen LogP contribution in [0.1, 0.15) is 25.0 Å². The first kappa shape index (κ1) is 26.3. The number of carbonyl (C=O) groups is 1. The van der Waals surface area contributed by atoms with Crippen LogP contribution in [0.2, 0.25) is 0 Å². The molecule has 1 aromatic carbocycles. The van der Waals surface area contributed by atoms with Crippen LogP contribution < -0.4 is 20.0 Å². The van der Waals surface area contributed by atoms with Gasteiger partial charge in [0.05, 0.1) is 12.6 Å². The van der Waals surface area contributed by atoms with Gasteiger partial charge < -0.3 is 29.9 Å². The van der Waals surface area contributed by atoms with E-state index in [0.717, 1.165) is 37.4 Å². The molecule has 0 unspecified atom stereocenters. The van der Waals surface area contributed by atoms with Crippen LogP contribution in [0.3, 0.4) is 0 Å². The van der Waals surface area contributed by atoms with E-state index in [-0.39, 0.29) is 12.6 Å². The lowest BCUT2D eigenvalue weighted by Gasteiger charge is -2.35. The number of benzene rings is 1. The standard InChI is InChI=1S/C29H36N8O3/c1-19-14-21(8-9-23(19)35-12-10-34(4)11-13-35)31-27-30-15-22-26(33-27)36(17-29(22,3)18-38)24-6-5-7-25(32-24)37-20(2)16-40-28(37)39/h5-9,14-15,20,38H,10-13,16-18H2,1-4H3,(H,30,31,33)/t20-,29-/m0/s1. The summed E-state index contributed by atoms with van der Waals surface area (Å²) in [6.45, 7) is 11.0. The molecule has 2 aromatic heterocycles. The zero-order chi connectivity index (χ0) is 28.0. The average Bonchev–Trinajstić information content (AvgIpc) is 3.45. The van der Waals surface area contributed by atoms with Crippen molar-refractivity contribution >= 4 is 40.9 Å². The fraction of sp³-hybridized carbons (Fsp3) is 0.448. The number of aliphatic hydroxyl groups is 1. The number of pyridine rings is 1. The Kier molecular flexibility index (Phi) is 6.71. The van der Waals surface area contributed by atoms with Gasteiger partial charge in [0, 0.05) is 61.3 Å². The average molecular weight is 545 g/mol. The number of aryl methyl sites for hydroxylation is 1. The highest BCUT2D eigenvalue weighted by Gasteiger charge is 2.42. The Bertz CT molecular complexity index is 1430. The number of aromatic nitrogens is 3. The number of nitrogens with zero attached hydrogens (tertiary/aromatic N) is 7. The molecule has 11 nitrogen and oxygen atoms in total.